The number of hydrogen-bond donors (Lipinski definition) is 2. The molecular weight excluding hydrogens is 418 g/mol. The summed E-state index contributed by atoms with van der Waals surface area (Å²) in [6, 6.07) is 12.7. The average molecular weight is 444 g/mol. The molecule has 3 aromatic rings. The summed E-state index contributed by atoms with van der Waals surface area (Å²) in [4.78, 5) is 32.1. The highest BCUT2D eigenvalue weighted by Crippen LogP contribution is 2.42. The summed E-state index contributed by atoms with van der Waals surface area (Å²) in [5.41, 5.74) is 4.30. The molecule has 0 spiro atoms. The maximum atomic E-state index is 13.1. The van der Waals surface area contributed by atoms with Crippen molar-refractivity contribution in [1.29, 1.82) is 0 Å². The van der Waals surface area contributed by atoms with Gasteiger partial charge in [0.05, 0.1) is 17.6 Å². The minimum atomic E-state index is -0.407. The lowest BCUT2D eigenvalue weighted by Gasteiger charge is -2.28. The average Bonchev–Trinajstić information content (AvgIpc) is 3.41. The van der Waals surface area contributed by atoms with Gasteiger partial charge < -0.3 is 15.5 Å². The monoisotopic (exact) mass is 443 g/mol. The fraction of sp³-hybridized carbons (Fsp3) is 0.292. The molecule has 9 heteroatoms. The molecule has 2 N–H and O–H groups in total. The van der Waals surface area contributed by atoms with Crippen molar-refractivity contribution in [2.45, 2.75) is 32.2 Å². The van der Waals surface area contributed by atoms with Crippen LogP contribution in [-0.2, 0) is 7.05 Å². The predicted octanol–water partition coefficient (Wildman–Crippen LogP) is 3.21. The molecule has 2 aliphatic heterocycles. The summed E-state index contributed by atoms with van der Waals surface area (Å²) in [5.74, 6) is -0.106. The topological polar surface area (TPSA) is 105 Å². The zero-order valence-electron chi connectivity index (χ0n) is 18.6. The van der Waals surface area contributed by atoms with Gasteiger partial charge in [0.15, 0.2) is 0 Å². The second-order valence-corrected chi connectivity index (χ2v) is 8.40. The Morgan fingerprint density at radius 1 is 1.06 bits per heavy atom. The quantitative estimate of drug-likeness (QED) is 0.598. The van der Waals surface area contributed by atoms with Crippen molar-refractivity contribution in [2.75, 3.05) is 16.8 Å². The third kappa shape index (κ3) is 3.97. The van der Waals surface area contributed by atoms with Gasteiger partial charge in [-0.25, -0.2) is 0 Å². The number of fused-ring (bicyclic) bond motifs is 5. The summed E-state index contributed by atoms with van der Waals surface area (Å²) in [6.07, 6.45) is 4.52. The largest absolute Gasteiger partial charge is 0.352 e. The van der Waals surface area contributed by atoms with E-state index in [1.54, 1.807) is 28.9 Å². The number of rotatable bonds is 1. The van der Waals surface area contributed by atoms with Crippen LogP contribution < -0.4 is 15.5 Å². The Kier molecular flexibility index (Phi) is 5.37. The van der Waals surface area contributed by atoms with E-state index in [9.17, 15) is 9.59 Å². The number of nitrogens with one attached hydrogen (secondary N) is 2. The van der Waals surface area contributed by atoms with Crippen LogP contribution in [0.1, 0.15) is 46.9 Å². The van der Waals surface area contributed by atoms with E-state index in [1.807, 2.05) is 31.4 Å². The van der Waals surface area contributed by atoms with E-state index in [4.69, 9.17) is 0 Å². The van der Waals surface area contributed by atoms with E-state index in [0.29, 0.717) is 23.6 Å². The van der Waals surface area contributed by atoms with Crippen LogP contribution in [-0.4, -0.2) is 45.4 Å². The van der Waals surface area contributed by atoms with Gasteiger partial charge in [0.2, 0.25) is 5.96 Å². The van der Waals surface area contributed by atoms with Crippen molar-refractivity contribution >= 4 is 29.1 Å². The van der Waals surface area contributed by atoms with E-state index in [1.165, 1.54) is 0 Å². The van der Waals surface area contributed by atoms with Crippen molar-refractivity contribution in [3.05, 3.63) is 59.8 Å². The van der Waals surface area contributed by atoms with Crippen molar-refractivity contribution in [3.8, 4) is 11.3 Å². The minimum Gasteiger partial charge on any atom is -0.352 e. The minimum absolute atomic E-state index is 0.0631. The lowest BCUT2D eigenvalue weighted by Crippen LogP contribution is -2.39. The van der Waals surface area contributed by atoms with Gasteiger partial charge >= 0.3 is 0 Å². The highest BCUT2D eigenvalue weighted by atomic mass is 16.2. The molecule has 1 aromatic heterocycles. The Morgan fingerprint density at radius 2 is 1.88 bits per heavy atom. The first-order valence-corrected chi connectivity index (χ1v) is 11.1. The third-order valence-corrected chi connectivity index (χ3v) is 5.98. The predicted molar refractivity (Wildman–Crippen MR) is 126 cm³/mol. The van der Waals surface area contributed by atoms with Crippen molar-refractivity contribution in [1.82, 2.24) is 20.3 Å². The molecule has 0 fully saturated rings. The summed E-state index contributed by atoms with van der Waals surface area (Å²) in [6.45, 7) is 2.71. The number of aromatic nitrogens is 3. The molecule has 0 saturated heterocycles. The van der Waals surface area contributed by atoms with E-state index in [0.717, 1.165) is 41.9 Å². The van der Waals surface area contributed by atoms with Crippen molar-refractivity contribution in [2.24, 2.45) is 12.0 Å². The molecule has 0 saturated carbocycles. The van der Waals surface area contributed by atoms with Gasteiger partial charge in [-0.3, -0.25) is 14.3 Å². The number of benzene rings is 2. The molecular formula is C24H25N7O2. The van der Waals surface area contributed by atoms with Gasteiger partial charge in [0.25, 0.3) is 11.8 Å². The van der Waals surface area contributed by atoms with Crippen LogP contribution >= 0.6 is 0 Å². The molecule has 33 heavy (non-hydrogen) atoms. The number of carbonyl (C=O) groups is 2. The van der Waals surface area contributed by atoms with E-state index < -0.39 is 5.91 Å². The molecule has 3 heterocycles. The zero-order chi connectivity index (χ0) is 22.9. The lowest BCUT2D eigenvalue weighted by molar-refractivity contribution is 0.0953. The number of carbonyl (C=O) groups excluding carboxylic acids is 2. The van der Waals surface area contributed by atoms with Gasteiger partial charge in [-0.2, -0.15) is 4.99 Å². The van der Waals surface area contributed by atoms with Crippen LogP contribution in [0.2, 0.25) is 0 Å². The summed E-state index contributed by atoms with van der Waals surface area (Å²) >= 11 is 0. The number of aryl methyl sites for hydroxylation is 1. The highest BCUT2D eigenvalue weighted by Gasteiger charge is 2.33. The fourth-order valence-corrected chi connectivity index (χ4v) is 4.33. The lowest BCUT2D eigenvalue weighted by atomic mass is 10.0. The smallest absolute Gasteiger partial charge is 0.280 e. The summed E-state index contributed by atoms with van der Waals surface area (Å²) in [7, 11) is 1.83. The second kappa shape index (κ2) is 8.50. The van der Waals surface area contributed by atoms with Crippen LogP contribution in [0, 0.1) is 0 Å². The molecule has 0 aliphatic carbocycles. The number of amides is 2. The summed E-state index contributed by atoms with van der Waals surface area (Å²) in [5, 5.41) is 14.7. The number of hydrogen-bond acceptors (Lipinski definition) is 6. The van der Waals surface area contributed by atoms with Crippen LogP contribution in [0.5, 0.6) is 0 Å². The molecule has 9 nitrogen and oxygen atoms in total. The van der Waals surface area contributed by atoms with Gasteiger partial charge in [0, 0.05) is 36.3 Å². The maximum Gasteiger partial charge on any atom is 0.280 e. The van der Waals surface area contributed by atoms with Gasteiger partial charge in [0.1, 0.15) is 5.69 Å². The molecule has 2 aliphatic rings. The molecule has 168 valence electrons. The first-order chi connectivity index (χ1) is 16.0. The number of anilines is 2. The molecule has 2 amide bonds. The fourth-order valence-electron chi connectivity index (χ4n) is 4.33. The Hall–Kier alpha value is -4.01. The van der Waals surface area contributed by atoms with Crippen molar-refractivity contribution < 1.29 is 9.59 Å². The highest BCUT2D eigenvalue weighted by molar-refractivity contribution is 6.21. The SMILES string of the molecule is C[C@H]1CCCCNC(=O)c2cccc(c2)C(=O)/N=C2\Nc3cccc(-c4cn(C)nn4)c3N21. The van der Waals surface area contributed by atoms with Gasteiger partial charge in [-0.05, 0) is 50.5 Å². The van der Waals surface area contributed by atoms with Crippen LogP contribution in [0.15, 0.2) is 53.7 Å². The first-order valence-electron chi connectivity index (χ1n) is 11.1. The Morgan fingerprint density at radius 3 is 2.70 bits per heavy atom. The Balaban J connectivity index is 1.61. The van der Waals surface area contributed by atoms with E-state index >= 15 is 0 Å². The Labute approximate surface area is 191 Å². The Bertz CT molecular complexity index is 1260. The molecule has 2 aromatic carbocycles. The van der Waals surface area contributed by atoms with Gasteiger partial charge in [-0.1, -0.05) is 23.4 Å². The molecule has 1 atom stereocenters. The van der Waals surface area contributed by atoms with E-state index in [-0.39, 0.29) is 11.9 Å². The van der Waals surface area contributed by atoms with Crippen LogP contribution in [0.4, 0.5) is 11.4 Å². The number of guanidine groups is 1. The number of aliphatic imine (C=N–C) groups is 1. The second-order valence-electron chi connectivity index (χ2n) is 8.40. The van der Waals surface area contributed by atoms with Crippen LogP contribution in [0.3, 0.4) is 0 Å². The third-order valence-electron chi connectivity index (χ3n) is 5.98. The standard InChI is InChI=1S/C24H25N7O2/c1-15-7-3-4-12-25-22(32)16-8-5-9-17(13-16)23(33)27-24-26-19-11-6-10-18(21(19)31(15)24)20-14-30(2)29-28-20/h5-6,8-11,13-15H,3-4,7,12H2,1-2H3,(H,25,32)(H,26,27,33)/t15-/m0/s1. The maximum absolute atomic E-state index is 13.1. The number of para-hydroxylation sites is 1. The summed E-state index contributed by atoms with van der Waals surface area (Å²) < 4.78 is 1.67. The zero-order valence-corrected chi connectivity index (χ0v) is 18.6. The molecule has 5 rings (SSSR count). The molecule has 2 bridgehead atoms. The number of nitrogens with zero attached hydrogens (tertiary/aromatic N) is 5. The van der Waals surface area contributed by atoms with Crippen LogP contribution in [0.25, 0.3) is 11.3 Å². The molecule has 0 radical (unpaired) electrons. The van der Waals surface area contributed by atoms with Crippen molar-refractivity contribution in [3.63, 3.8) is 0 Å². The first kappa shape index (κ1) is 20.9. The van der Waals surface area contributed by atoms with Gasteiger partial charge in [-0.15, -0.1) is 5.10 Å². The normalized spacial score (nSPS) is 20.1. The van der Waals surface area contributed by atoms with E-state index in [2.05, 4.69) is 37.8 Å². The molecule has 0 unspecified atom stereocenters.